The Kier molecular flexibility index (Phi) is 5.98. The Labute approximate surface area is 160 Å². The summed E-state index contributed by atoms with van der Waals surface area (Å²) in [7, 11) is 1.21. The maximum atomic E-state index is 12.5. The number of benzene rings is 1. The topological polar surface area (TPSA) is 108 Å². The first-order chi connectivity index (χ1) is 12.9. The Morgan fingerprint density at radius 1 is 1.30 bits per heavy atom. The van der Waals surface area contributed by atoms with Gasteiger partial charge in [0.25, 0.3) is 5.69 Å². The van der Waals surface area contributed by atoms with Crippen LogP contribution < -0.4 is 0 Å². The summed E-state index contributed by atoms with van der Waals surface area (Å²) >= 11 is 1.08. The van der Waals surface area contributed by atoms with Crippen LogP contribution in [-0.4, -0.2) is 66.7 Å². The molecule has 1 aromatic carbocycles. The monoisotopic (exact) mass is 396 g/mol. The number of thioether (sulfide) groups is 1. The van der Waals surface area contributed by atoms with Gasteiger partial charge >= 0.3 is 5.97 Å². The summed E-state index contributed by atoms with van der Waals surface area (Å²) in [6, 6.07) is 4.08. The molecule has 1 spiro atoms. The maximum Gasteiger partial charge on any atom is 0.338 e. The minimum atomic E-state index is -0.649. The average molecular weight is 396 g/mol. The number of esters is 1. The molecule has 10 heteroatoms. The fraction of sp³-hybridized carbons (Fsp3) is 0.529. The molecule has 146 valence electrons. The van der Waals surface area contributed by atoms with E-state index in [1.54, 1.807) is 4.90 Å². The Balaban J connectivity index is 1.60. The van der Waals surface area contributed by atoms with Crippen LogP contribution >= 0.6 is 11.8 Å². The number of likely N-dealkylation sites (tertiary alicyclic amines) is 1. The fourth-order valence-corrected chi connectivity index (χ4v) is 4.05. The summed E-state index contributed by atoms with van der Waals surface area (Å²) in [4.78, 5) is 36.8. The second-order valence-corrected chi connectivity index (χ2v) is 7.23. The van der Waals surface area contributed by atoms with Gasteiger partial charge in [-0.3, -0.25) is 14.9 Å². The highest BCUT2D eigenvalue weighted by Crippen LogP contribution is 2.33. The lowest BCUT2D eigenvalue weighted by Crippen LogP contribution is -2.47. The molecule has 0 aliphatic carbocycles. The van der Waals surface area contributed by atoms with E-state index in [9.17, 15) is 19.7 Å². The summed E-state index contributed by atoms with van der Waals surface area (Å²) in [6.07, 6.45) is 1.24. The van der Waals surface area contributed by atoms with Crippen LogP contribution in [0.2, 0.25) is 0 Å². The van der Waals surface area contributed by atoms with E-state index in [0.717, 1.165) is 17.8 Å². The number of nitrogens with zero attached hydrogens (tertiary/aromatic N) is 2. The molecule has 9 nitrogen and oxygen atoms in total. The quantitative estimate of drug-likeness (QED) is 0.321. The smallest absolute Gasteiger partial charge is 0.338 e. The molecule has 2 heterocycles. The molecule has 27 heavy (non-hydrogen) atoms. The van der Waals surface area contributed by atoms with Gasteiger partial charge in [-0.1, -0.05) is 0 Å². The van der Waals surface area contributed by atoms with E-state index in [1.807, 2.05) is 0 Å². The molecule has 0 saturated carbocycles. The Morgan fingerprint density at radius 3 is 2.56 bits per heavy atom. The minimum Gasteiger partial charge on any atom is -0.465 e. The van der Waals surface area contributed by atoms with Gasteiger partial charge in [0.05, 0.1) is 41.5 Å². The lowest BCUT2D eigenvalue weighted by Gasteiger charge is -2.37. The third kappa shape index (κ3) is 4.40. The van der Waals surface area contributed by atoms with Crippen LogP contribution in [0.5, 0.6) is 0 Å². The normalized spacial score (nSPS) is 18.5. The molecular weight excluding hydrogens is 376 g/mol. The molecule has 2 saturated heterocycles. The van der Waals surface area contributed by atoms with Gasteiger partial charge in [0.15, 0.2) is 5.79 Å². The van der Waals surface area contributed by atoms with Crippen LogP contribution in [0.25, 0.3) is 0 Å². The molecule has 1 aromatic rings. The highest BCUT2D eigenvalue weighted by Gasteiger charge is 2.40. The van der Waals surface area contributed by atoms with Gasteiger partial charge in [0, 0.05) is 32.0 Å². The first-order valence-electron chi connectivity index (χ1n) is 8.49. The van der Waals surface area contributed by atoms with E-state index in [-0.39, 0.29) is 22.9 Å². The molecule has 2 aliphatic heterocycles. The third-order valence-electron chi connectivity index (χ3n) is 4.62. The van der Waals surface area contributed by atoms with Gasteiger partial charge in [-0.15, -0.1) is 11.8 Å². The SMILES string of the molecule is COC(=O)c1ccc(SCC(=O)N2CCC3(CC2)OCCO3)c([N+](=O)[O-])c1. The molecule has 0 radical (unpaired) electrons. The van der Waals surface area contributed by atoms with E-state index in [2.05, 4.69) is 4.74 Å². The van der Waals surface area contributed by atoms with E-state index in [1.165, 1.54) is 19.2 Å². The highest BCUT2D eigenvalue weighted by atomic mass is 32.2. The van der Waals surface area contributed by atoms with Gasteiger partial charge in [0.1, 0.15) is 0 Å². The van der Waals surface area contributed by atoms with Crippen molar-refractivity contribution >= 4 is 29.3 Å². The molecule has 0 N–H and O–H groups in total. The van der Waals surface area contributed by atoms with Crippen LogP contribution in [0, 0.1) is 10.1 Å². The number of amides is 1. The zero-order valence-corrected chi connectivity index (χ0v) is 15.7. The molecule has 0 unspecified atom stereocenters. The second-order valence-electron chi connectivity index (χ2n) is 6.21. The molecule has 2 aliphatic rings. The maximum absolute atomic E-state index is 12.5. The number of rotatable bonds is 5. The number of nitro benzene ring substituents is 1. The van der Waals surface area contributed by atoms with Crippen LogP contribution in [0.1, 0.15) is 23.2 Å². The molecule has 0 aromatic heterocycles. The molecular formula is C17H20N2O7S. The zero-order chi connectivity index (χ0) is 19.4. The molecule has 0 bridgehead atoms. The van der Waals surface area contributed by atoms with E-state index in [0.29, 0.717) is 44.0 Å². The number of carbonyl (C=O) groups is 2. The van der Waals surface area contributed by atoms with Gasteiger partial charge in [-0.05, 0) is 12.1 Å². The second kappa shape index (κ2) is 8.24. The standard InChI is InChI=1S/C17H20N2O7S/c1-24-16(21)12-2-3-14(13(10-12)19(22)23)27-11-15(20)18-6-4-17(5-7-18)25-8-9-26-17/h2-3,10H,4-9,11H2,1H3. The van der Waals surface area contributed by atoms with Crippen molar-refractivity contribution in [1.82, 2.24) is 4.90 Å². The van der Waals surface area contributed by atoms with E-state index in [4.69, 9.17) is 9.47 Å². The van der Waals surface area contributed by atoms with Gasteiger partial charge in [-0.2, -0.15) is 0 Å². The summed E-state index contributed by atoms with van der Waals surface area (Å²) in [5, 5.41) is 11.3. The van der Waals surface area contributed by atoms with E-state index < -0.39 is 16.7 Å². The van der Waals surface area contributed by atoms with Crippen LogP contribution in [0.4, 0.5) is 5.69 Å². The highest BCUT2D eigenvalue weighted by molar-refractivity contribution is 8.00. The van der Waals surface area contributed by atoms with Crippen molar-refractivity contribution in [2.75, 3.05) is 39.2 Å². The third-order valence-corrected chi connectivity index (χ3v) is 5.67. The number of nitro groups is 1. The summed E-state index contributed by atoms with van der Waals surface area (Å²) in [5.74, 6) is -1.22. The van der Waals surface area contributed by atoms with Crippen LogP contribution in [-0.2, 0) is 19.0 Å². The summed E-state index contributed by atoms with van der Waals surface area (Å²) in [6.45, 7) is 2.22. The summed E-state index contributed by atoms with van der Waals surface area (Å²) in [5.41, 5.74) is -0.126. The van der Waals surface area contributed by atoms with Crippen molar-refractivity contribution in [1.29, 1.82) is 0 Å². The Hall–Kier alpha value is -2.17. The van der Waals surface area contributed by atoms with Crippen LogP contribution in [0.15, 0.2) is 23.1 Å². The molecule has 0 atom stereocenters. The summed E-state index contributed by atoms with van der Waals surface area (Å²) < 4.78 is 15.9. The van der Waals surface area contributed by atoms with Crippen molar-refractivity contribution in [3.05, 3.63) is 33.9 Å². The predicted molar refractivity (Wildman–Crippen MR) is 95.6 cm³/mol. The largest absolute Gasteiger partial charge is 0.465 e. The van der Waals surface area contributed by atoms with Crippen molar-refractivity contribution in [2.45, 2.75) is 23.5 Å². The van der Waals surface area contributed by atoms with Crippen LogP contribution in [0.3, 0.4) is 0 Å². The zero-order valence-electron chi connectivity index (χ0n) is 14.8. The fourth-order valence-electron chi connectivity index (χ4n) is 3.14. The lowest BCUT2D eigenvalue weighted by molar-refractivity contribution is -0.387. The number of ether oxygens (including phenoxy) is 3. The van der Waals surface area contributed by atoms with Gasteiger partial charge < -0.3 is 19.1 Å². The van der Waals surface area contributed by atoms with Crippen molar-refractivity contribution in [3.8, 4) is 0 Å². The number of hydrogen-bond donors (Lipinski definition) is 0. The van der Waals surface area contributed by atoms with Crippen molar-refractivity contribution in [3.63, 3.8) is 0 Å². The van der Waals surface area contributed by atoms with Gasteiger partial charge in [-0.25, -0.2) is 4.79 Å². The lowest BCUT2D eigenvalue weighted by atomic mass is 10.0. The first-order valence-corrected chi connectivity index (χ1v) is 9.48. The predicted octanol–water partition coefficient (Wildman–Crippen LogP) is 1.84. The number of hydrogen-bond acceptors (Lipinski definition) is 8. The van der Waals surface area contributed by atoms with Crippen molar-refractivity contribution < 1.29 is 28.7 Å². The molecule has 3 rings (SSSR count). The number of piperidine rings is 1. The van der Waals surface area contributed by atoms with Crippen molar-refractivity contribution in [2.24, 2.45) is 0 Å². The Morgan fingerprint density at radius 2 is 1.96 bits per heavy atom. The first kappa shape index (κ1) is 19.6. The number of carbonyl (C=O) groups excluding carboxylic acids is 2. The Bertz CT molecular complexity index is 739. The average Bonchev–Trinajstić information content (AvgIpc) is 3.13. The molecule has 1 amide bonds. The van der Waals surface area contributed by atoms with E-state index >= 15 is 0 Å². The number of methoxy groups -OCH3 is 1. The molecule has 2 fully saturated rings. The van der Waals surface area contributed by atoms with Gasteiger partial charge in [0.2, 0.25) is 5.91 Å². The minimum absolute atomic E-state index is 0.0765.